The van der Waals surface area contributed by atoms with E-state index >= 15 is 0 Å². The average Bonchev–Trinajstić information content (AvgIpc) is 2.93. The van der Waals surface area contributed by atoms with Gasteiger partial charge in [-0.3, -0.25) is 5.10 Å². The Balaban J connectivity index is 1.60. The highest BCUT2D eigenvalue weighted by atomic mass is 32.1. The van der Waals surface area contributed by atoms with Crippen molar-refractivity contribution in [2.24, 2.45) is 0 Å². The number of aromatic nitrogens is 2. The van der Waals surface area contributed by atoms with Crippen LogP contribution < -0.4 is 10.1 Å². The predicted molar refractivity (Wildman–Crippen MR) is 87.8 cm³/mol. The van der Waals surface area contributed by atoms with Crippen LogP contribution in [-0.2, 0) is 6.61 Å². The zero-order valence-electron chi connectivity index (χ0n) is 11.1. The molecule has 2 aromatic carbocycles. The summed E-state index contributed by atoms with van der Waals surface area (Å²) in [6, 6.07) is 17.8. The van der Waals surface area contributed by atoms with Crippen molar-refractivity contribution < 1.29 is 4.74 Å². The number of hydrogen-bond donors (Lipinski definition) is 2. The molecule has 4 nitrogen and oxygen atoms in total. The molecular formula is C15H13N3OS2. The van der Waals surface area contributed by atoms with Gasteiger partial charge in [-0.05, 0) is 42.0 Å². The molecule has 0 aliphatic carbocycles. The average molecular weight is 315 g/mol. The van der Waals surface area contributed by atoms with Crippen LogP contribution in [0.15, 0.2) is 54.6 Å². The lowest BCUT2D eigenvalue weighted by atomic mass is 10.2. The van der Waals surface area contributed by atoms with Gasteiger partial charge in [0.25, 0.3) is 0 Å². The number of benzene rings is 2. The smallest absolute Gasteiger partial charge is 0.208 e. The number of nitrogens with zero attached hydrogens (tertiary/aromatic N) is 1. The zero-order chi connectivity index (χ0) is 14.5. The molecule has 0 saturated carbocycles. The van der Waals surface area contributed by atoms with Crippen molar-refractivity contribution in [3.8, 4) is 5.75 Å². The summed E-state index contributed by atoms with van der Waals surface area (Å²) in [6.45, 7) is 0.564. The minimum absolute atomic E-state index is 0.564. The summed E-state index contributed by atoms with van der Waals surface area (Å²) in [6.07, 6.45) is 0. The summed E-state index contributed by atoms with van der Waals surface area (Å²) in [4.78, 5) is 0. The summed E-state index contributed by atoms with van der Waals surface area (Å²) in [7, 11) is 0. The van der Waals surface area contributed by atoms with Crippen molar-refractivity contribution in [1.29, 1.82) is 0 Å². The summed E-state index contributed by atoms with van der Waals surface area (Å²) >= 11 is 6.39. The number of rotatable bonds is 5. The molecule has 0 amide bonds. The maximum atomic E-state index is 5.74. The van der Waals surface area contributed by atoms with Crippen LogP contribution in [-0.4, -0.2) is 10.2 Å². The number of nitrogens with one attached hydrogen (secondary N) is 2. The van der Waals surface area contributed by atoms with Gasteiger partial charge in [0.05, 0.1) is 0 Å². The van der Waals surface area contributed by atoms with E-state index in [0.717, 1.165) is 22.1 Å². The lowest BCUT2D eigenvalue weighted by Gasteiger charge is -2.07. The Morgan fingerprint density at radius 2 is 1.86 bits per heavy atom. The first-order valence-corrected chi connectivity index (χ1v) is 7.61. The second-order valence-electron chi connectivity index (χ2n) is 4.34. The SMILES string of the molecule is S=c1[nH]nc(Nc2ccc(OCc3ccccc3)cc2)s1. The van der Waals surface area contributed by atoms with Crippen molar-refractivity contribution in [2.75, 3.05) is 5.32 Å². The molecule has 0 aliphatic rings. The van der Waals surface area contributed by atoms with E-state index in [4.69, 9.17) is 17.0 Å². The quantitative estimate of drug-likeness (QED) is 0.680. The minimum Gasteiger partial charge on any atom is -0.489 e. The molecule has 0 unspecified atom stereocenters. The minimum atomic E-state index is 0.564. The van der Waals surface area contributed by atoms with E-state index in [1.165, 1.54) is 11.3 Å². The van der Waals surface area contributed by atoms with Crippen LogP contribution in [0.4, 0.5) is 10.8 Å². The second kappa shape index (κ2) is 6.51. The Morgan fingerprint density at radius 1 is 1.10 bits per heavy atom. The van der Waals surface area contributed by atoms with Gasteiger partial charge in [-0.25, -0.2) is 0 Å². The molecule has 0 spiro atoms. The second-order valence-corrected chi connectivity index (χ2v) is 6.01. The van der Waals surface area contributed by atoms with E-state index in [1.54, 1.807) is 0 Å². The first-order valence-electron chi connectivity index (χ1n) is 6.39. The van der Waals surface area contributed by atoms with E-state index in [2.05, 4.69) is 15.5 Å². The van der Waals surface area contributed by atoms with Gasteiger partial charge in [0, 0.05) is 5.69 Å². The van der Waals surface area contributed by atoms with Gasteiger partial charge in [-0.2, -0.15) is 0 Å². The topological polar surface area (TPSA) is 49.9 Å². The number of aromatic amines is 1. The van der Waals surface area contributed by atoms with E-state index in [0.29, 0.717) is 10.6 Å². The summed E-state index contributed by atoms with van der Waals surface area (Å²) in [5, 5.41) is 10.7. The van der Waals surface area contributed by atoms with E-state index in [9.17, 15) is 0 Å². The summed E-state index contributed by atoms with van der Waals surface area (Å²) in [5.74, 6) is 0.832. The third-order valence-electron chi connectivity index (χ3n) is 2.79. The molecule has 21 heavy (non-hydrogen) atoms. The fourth-order valence-corrected chi connectivity index (χ4v) is 2.59. The first kappa shape index (κ1) is 13.8. The normalized spacial score (nSPS) is 10.3. The van der Waals surface area contributed by atoms with Gasteiger partial charge in [0.15, 0.2) is 3.95 Å². The first-order chi connectivity index (χ1) is 10.3. The molecule has 3 rings (SSSR count). The molecule has 1 aromatic heterocycles. The fourth-order valence-electron chi connectivity index (χ4n) is 1.78. The molecule has 2 N–H and O–H groups in total. The number of ether oxygens (including phenoxy) is 1. The largest absolute Gasteiger partial charge is 0.489 e. The van der Waals surface area contributed by atoms with Crippen LogP contribution in [0.5, 0.6) is 5.75 Å². The Hall–Kier alpha value is -2.18. The Bertz CT molecular complexity index is 750. The number of anilines is 2. The molecule has 6 heteroatoms. The molecule has 0 aliphatic heterocycles. The Morgan fingerprint density at radius 3 is 2.52 bits per heavy atom. The van der Waals surface area contributed by atoms with Crippen molar-refractivity contribution in [3.05, 3.63) is 64.1 Å². The molecule has 0 bridgehead atoms. The predicted octanol–water partition coefficient (Wildman–Crippen LogP) is 4.52. The number of H-pyrrole nitrogens is 1. The van der Waals surface area contributed by atoms with Crippen LogP contribution in [0.25, 0.3) is 0 Å². The Labute approximate surface area is 131 Å². The fraction of sp³-hybridized carbons (Fsp3) is 0.0667. The molecule has 3 aromatic rings. The van der Waals surface area contributed by atoms with Crippen molar-refractivity contribution in [1.82, 2.24) is 10.2 Å². The van der Waals surface area contributed by atoms with E-state index < -0.39 is 0 Å². The van der Waals surface area contributed by atoms with Crippen LogP contribution in [0, 0.1) is 3.95 Å². The maximum absolute atomic E-state index is 5.74. The van der Waals surface area contributed by atoms with Gasteiger partial charge in [0.1, 0.15) is 12.4 Å². The Kier molecular flexibility index (Phi) is 4.28. The highest BCUT2D eigenvalue weighted by Crippen LogP contribution is 2.21. The lowest BCUT2D eigenvalue weighted by molar-refractivity contribution is 0.306. The molecule has 0 saturated heterocycles. The van der Waals surface area contributed by atoms with Gasteiger partial charge in [-0.15, -0.1) is 5.10 Å². The van der Waals surface area contributed by atoms with Gasteiger partial charge in [-0.1, -0.05) is 41.7 Å². The van der Waals surface area contributed by atoms with Crippen LogP contribution in [0.1, 0.15) is 5.56 Å². The number of hydrogen-bond acceptors (Lipinski definition) is 5. The molecule has 106 valence electrons. The van der Waals surface area contributed by atoms with Gasteiger partial charge in [0.2, 0.25) is 5.13 Å². The molecule has 0 radical (unpaired) electrons. The highest BCUT2D eigenvalue weighted by molar-refractivity contribution is 7.73. The lowest BCUT2D eigenvalue weighted by Crippen LogP contribution is -1.95. The summed E-state index contributed by atoms with van der Waals surface area (Å²) in [5.41, 5.74) is 2.09. The molecular weight excluding hydrogens is 302 g/mol. The van der Waals surface area contributed by atoms with E-state index in [1.807, 2.05) is 54.6 Å². The molecule has 0 fully saturated rings. The van der Waals surface area contributed by atoms with E-state index in [-0.39, 0.29) is 0 Å². The monoisotopic (exact) mass is 315 g/mol. The summed E-state index contributed by atoms with van der Waals surface area (Å²) < 4.78 is 6.39. The zero-order valence-corrected chi connectivity index (χ0v) is 12.7. The molecule has 0 atom stereocenters. The third-order valence-corrected chi connectivity index (χ3v) is 3.80. The molecule has 1 heterocycles. The third kappa shape index (κ3) is 3.90. The van der Waals surface area contributed by atoms with Gasteiger partial charge >= 0.3 is 0 Å². The van der Waals surface area contributed by atoms with Crippen LogP contribution in [0.3, 0.4) is 0 Å². The van der Waals surface area contributed by atoms with Gasteiger partial charge < -0.3 is 10.1 Å². The maximum Gasteiger partial charge on any atom is 0.208 e. The highest BCUT2D eigenvalue weighted by Gasteiger charge is 2.00. The van der Waals surface area contributed by atoms with Crippen LogP contribution >= 0.6 is 23.6 Å². The van der Waals surface area contributed by atoms with Crippen molar-refractivity contribution >= 4 is 34.4 Å². The van der Waals surface area contributed by atoms with Crippen LogP contribution in [0.2, 0.25) is 0 Å². The van der Waals surface area contributed by atoms with Crippen molar-refractivity contribution in [3.63, 3.8) is 0 Å². The standard InChI is InChI=1S/C15H13N3OS2/c20-15-18-17-14(21-15)16-12-6-8-13(9-7-12)19-10-11-4-2-1-3-5-11/h1-9H,10H2,(H,16,17)(H,18,20). The van der Waals surface area contributed by atoms with Crippen molar-refractivity contribution in [2.45, 2.75) is 6.61 Å².